The van der Waals surface area contributed by atoms with Gasteiger partial charge in [-0.05, 0) is 56.6 Å². The van der Waals surface area contributed by atoms with Crippen molar-refractivity contribution in [2.75, 3.05) is 26.7 Å². The lowest BCUT2D eigenvalue weighted by molar-refractivity contribution is 0.271. The first kappa shape index (κ1) is 18.1. The average Bonchev–Trinajstić information content (AvgIpc) is 2.55. The van der Waals surface area contributed by atoms with E-state index in [-0.39, 0.29) is 12.4 Å². The molecule has 1 aromatic heterocycles. The molecule has 0 aliphatic carbocycles. The molecular weight excluding hydrogens is 334 g/mol. The molecular formula is C16H22ClN3O2S. The Hall–Kier alpha value is -1.21. The van der Waals surface area contributed by atoms with Crippen LogP contribution in [-0.2, 0) is 10.0 Å². The van der Waals surface area contributed by atoms with Gasteiger partial charge in [-0.15, -0.1) is 12.4 Å². The number of nitrogens with one attached hydrogen (secondary N) is 1. The van der Waals surface area contributed by atoms with Crippen molar-refractivity contribution in [1.82, 2.24) is 14.6 Å². The highest BCUT2D eigenvalue weighted by molar-refractivity contribution is 7.89. The maximum Gasteiger partial charge on any atom is 0.243 e. The van der Waals surface area contributed by atoms with E-state index < -0.39 is 10.0 Å². The summed E-state index contributed by atoms with van der Waals surface area (Å²) in [6.07, 6.45) is 3.49. The Balaban J connectivity index is 0.00000192. The van der Waals surface area contributed by atoms with E-state index in [1.54, 1.807) is 28.7 Å². The summed E-state index contributed by atoms with van der Waals surface area (Å²) in [5, 5.41) is 3.87. The summed E-state index contributed by atoms with van der Waals surface area (Å²) in [6, 6.07) is 8.88. The minimum atomic E-state index is -3.45. The van der Waals surface area contributed by atoms with Crippen LogP contribution in [0.25, 0.3) is 10.9 Å². The maximum atomic E-state index is 12.9. The fourth-order valence-corrected chi connectivity index (χ4v) is 4.75. The number of pyridine rings is 1. The van der Waals surface area contributed by atoms with E-state index in [1.807, 2.05) is 19.2 Å². The molecule has 1 N–H and O–H groups in total. The molecule has 126 valence electrons. The Morgan fingerprint density at radius 1 is 1.22 bits per heavy atom. The van der Waals surface area contributed by atoms with Crippen molar-refractivity contribution >= 4 is 33.3 Å². The van der Waals surface area contributed by atoms with Gasteiger partial charge in [0.25, 0.3) is 0 Å². The van der Waals surface area contributed by atoms with Crippen molar-refractivity contribution in [2.24, 2.45) is 5.92 Å². The van der Waals surface area contributed by atoms with Gasteiger partial charge in [0.05, 0.1) is 10.4 Å². The van der Waals surface area contributed by atoms with Crippen molar-refractivity contribution in [1.29, 1.82) is 0 Å². The molecule has 1 aliphatic heterocycles. The predicted molar refractivity (Wildman–Crippen MR) is 94.4 cm³/mol. The van der Waals surface area contributed by atoms with E-state index in [9.17, 15) is 8.42 Å². The monoisotopic (exact) mass is 355 g/mol. The molecule has 0 saturated carbocycles. The number of nitrogens with zero attached hydrogens (tertiary/aromatic N) is 2. The van der Waals surface area contributed by atoms with Crippen LogP contribution in [0.15, 0.2) is 41.4 Å². The number of piperidine rings is 1. The van der Waals surface area contributed by atoms with Crippen LogP contribution < -0.4 is 5.32 Å². The van der Waals surface area contributed by atoms with Crippen LogP contribution in [0.4, 0.5) is 0 Å². The van der Waals surface area contributed by atoms with Gasteiger partial charge in [0.2, 0.25) is 10.0 Å². The highest BCUT2D eigenvalue weighted by atomic mass is 35.5. The number of halogens is 1. The van der Waals surface area contributed by atoms with Gasteiger partial charge >= 0.3 is 0 Å². The summed E-state index contributed by atoms with van der Waals surface area (Å²) in [7, 11) is -1.52. The molecule has 1 fully saturated rings. The first-order valence-corrected chi connectivity index (χ1v) is 9.05. The zero-order chi connectivity index (χ0) is 15.6. The quantitative estimate of drug-likeness (QED) is 0.913. The summed E-state index contributed by atoms with van der Waals surface area (Å²) >= 11 is 0. The van der Waals surface area contributed by atoms with Crippen molar-refractivity contribution in [2.45, 2.75) is 17.7 Å². The topological polar surface area (TPSA) is 62.3 Å². The Labute approximate surface area is 143 Å². The number of sulfonamides is 1. The number of fused-ring (bicyclic) bond motifs is 1. The zero-order valence-electron chi connectivity index (χ0n) is 13.1. The summed E-state index contributed by atoms with van der Waals surface area (Å²) in [5.74, 6) is 0.561. The van der Waals surface area contributed by atoms with E-state index in [0.29, 0.717) is 34.8 Å². The molecule has 0 unspecified atom stereocenters. The van der Waals surface area contributed by atoms with Crippen LogP contribution in [0.1, 0.15) is 12.8 Å². The molecule has 1 aromatic carbocycles. The molecule has 0 bridgehead atoms. The first-order valence-electron chi connectivity index (χ1n) is 7.61. The van der Waals surface area contributed by atoms with Crippen LogP contribution in [0.2, 0.25) is 0 Å². The van der Waals surface area contributed by atoms with E-state index >= 15 is 0 Å². The third-order valence-electron chi connectivity index (χ3n) is 4.29. The summed E-state index contributed by atoms with van der Waals surface area (Å²) in [6.45, 7) is 2.13. The standard InChI is InChI=1S/C16H21N3O2S.ClH/c1-17-12-13-7-10-19(11-8-13)22(20,21)16-6-2-5-15-14(16)4-3-9-18-15;/h2-6,9,13,17H,7-8,10-12H2,1H3;1H. The van der Waals surface area contributed by atoms with Gasteiger partial charge in [-0.25, -0.2) is 8.42 Å². The van der Waals surface area contributed by atoms with E-state index in [4.69, 9.17) is 0 Å². The lowest BCUT2D eigenvalue weighted by atomic mass is 9.98. The Morgan fingerprint density at radius 2 is 1.96 bits per heavy atom. The SMILES string of the molecule is CNCC1CCN(S(=O)(=O)c2cccc3ncccc23)CC1.Cl. The molecule has 0 radical (unpaired) electrons. The maximum absolute atomic E-state index is 12.9. The van der Waals surface area contributed by atoms with Crippen molar-refractivity contribution < 1.29 is 8.42 Å². The molecule has 2 aromatic rings. The Morgan fingerprint density at radius 3 is 2.65 bits per heavy atom. The highest BCUT2D eigenvalue weighted by Gasteiger charge is 2.30. The fourth-order valence-electron chi connectivity index (χ4n) is 3.08. The van der Waals surface area contributed by atoms with Gasteiger partial charge in [0.15, 0.2) is 0 Å². The number of hydrogen-bond donors (Lipinski definition) is 1. The molecule has 2 heterocycles. The molecule has 23 heavy (non-hydrogen) atoms. The number of rotatable bonds is 4. The highest BCUT2D eigenvalue weighted by Crippen LogP contribution is 2.27. The zero-order valence-corrected chi connectivity index (χ0v) is 14.7. The van der Waals surface area contributed by atoms with Gasteiger partial charge in [-0.3, -0.25) is 4.98 Å². The van der Waals surface area contributed by atoms with Gasteiger partial charge in [0, 0.05) is 24.7 Å². The fraction of sp³-hybridized carbons (Fsp3) is 0.438. The van der Waals surface area contributed by atoms with Gasteiger partial charge in [-0.2, -0.15) is 4.31 Å². The predicted octanol–water partition coefficient (Wildman–Crippen LogP) is 2.28. The van der Waals surface area contributed by atoms with Gasteiger partial charge < -0.3 is 5.32 Å². The minimum absolute atomic E-state index is 0. The Bertz CT molecular complexity index is 754. The van der Waals surface area contributed by atoms with Crippen LogP contribution in [-0.4, -0.2) is 44.4 Å². The molecule has 5 nitrogen and oxygen atoms in total. The second-order valence-electron chi connectivity index (χ2n) is 5.73. The van der Waals surface area contributed by atoms with Crippen LogP contribution in [0.3, 0.4) is 0 Å². The molecule has 0 amide bonds. The molecule has 1 saturated heterocycles. The number of benzene rings is 1. The number of aromatic nitrogens is 1. The third-order valence-corrected chi connectivity index (χ3v) is 6.25. The van der Waals surface area contributed by atoms with Gasteiger partial charge in [0.1, 0.15) is 0 Å². The average molecular weight is 356 g/mol. The van der Waals surface area contributed by atoms with Crippen molar-refractivity contribution in [3.63, 3.8) is 0 Å². The van der Waals surface area contributed by atoms with Gasteiger partial charge in [-0.1, -0.05) is 6.07 Å². The number of hydrogen-bond acceptors (Lipinski definition) is 4. The van der Waals surface area contributed by atoms with E-state index in [0.717, 1.165) is 19.4 Å². The molecule has 3 rings (SSSR count). The largest absolute Gasteiger partial charge is 0.319 e. The summed E-state index contributed by atoms with van der Waals surface area (Å²) in [4.78, 5) is 4.61. The lowest BCUT2D eigenvalue weighted by Gasteiger charge is -2.31. The second-order valence-corrected chi connectivity index (χ2v) is 7.64. The summed E-state index contributed by atoms with van der Waals surface area (Å²) < 4.78 is 27.5. The molecule has 0 spiro atoms. The molecule has 7 heteroatoms. The van der Waals surface area contributed by atoms with Crippen molar-refractivity contribution in [3.8, 4) is 0 Å². The van der Waals surface area contributed by atoms with E-state index in [1.165, 1.54) is 0 Å². The molecule has 0 atom stereocenters. The lowest BCUT2D eigenvalue weighted by Crippen LogP contribution is -2.40. The third kappa shape index (κ3) is 3.66. The van der Waals surface area contributed by atoms with Crippen LogP contribution >= 0.6 is 12.4 Å². The minimum Gasteiger partial charge on any atom is -0.319 e. The molecule has 1 aliphatic rings. The summed E-state index contributed by atoms with van der Waals surface area (Å²) in [5.41, 5.74) is 0.716. The van der Waals surface area contributed by atoms with E-state index in [2.05, 4.69) is 10.3 Å². The van der Waals surface area contributed by atoms with Crippen LogP contribution in [0.5, 0.6) is 0 Å². The van der Waals surface area contributed by atoms with Crippen molar-refractivity contribution in [3.05, 3.63) is 36.5 Å². The first-order chi connectivity index (χ1) is 10.6. The van der Waals surface area contributed by atoms with Crippen LogP contribution in [0, 0.1) is 5.92 Å². The second kappa shape index (κ2) is 7.57. The smallest absolute Gasteiger partial charge is 0.243 e. The normalized spacial score (nSPS) is 17.1. The Kier molecular flexibility index (Phi) is 5.97.